The Morgan fingerprint density at radius 2 is 1.88 bits per heavy atom. The molecule has 0 saturated heterocycles. The molecular weight excluding hydrogens is 314 g/mol. The first kappa shape index (κ1) is 18.8. The van der Waals surface area contributed by atoms with Gasteiger partial charge in [-0.15, -0.1) is 0 Å². The van der Waals surface area contributed by atoms with Crippen LogP contribution in [0.4, 0.5) is 5.69 Å². The number of nitrogen functional groups attached to an aromatic ring is 1. The van der Waals surface area contributed by atoms with Crippen LogP contribution >= 0.6 is 0 Å². The van der Waals surface area contributed by atoms with Crippen LogP contribution in [0.2, 0.25) is 0 Å². The van der Waals surface area contributed by atoms with Crippen LogP contribution in [-0.4, -0.2) is 43.3 Å². The Bertz CT molecular complexity index is 718. The molecule has 2 rings (SSSR count). The van der Waals surface area contributed by atoms with E-state index in [1.807, 2.05) is 55.6 Å². The second-order valence-corrected chi connectivity index (χ2v) is 6.49. The van der Waals surface area contributed by atoms with Crippen molar-refractivity contribution in [1.29, 1.82) is 0 Å². The van der Waals surface area contributed by atoms with Crippen LogP contribution in [0, 0.1) is 0 Å². The molecule has 0 saturated carbocycles. The Morgan fingerprint density at radius 3 is 2.44 bits per heavy atom. The third-order valence-electron chi connectivity index (χ3n) is 4.56. The zero-order chi connectivity index (χ0) is 18.4. The summed E-state index contributed by atoms with van der Waals surface area (Å²) in [7, 11) is 5.54. The molecule has 5 nitrogen and oxygen atoms in total. The number of quaternary nitrogens is 1. The van der Waals surface area contributed by atoms with E-state index >= 15 is 0 Å². The lowest BCUT2D eigenvalue weighted by atomic mass is 10.1. The van der Waals surface area contributed by atoms with Crippen molar-refractivity contribution < 1.29 is 14.1 Å². The van der Waals surface area contributed by atoms with E-state index in [1.165, 1.54) is 0 Å². The summed E-state index contributed by atoms with van der Waals surface area (Å²) in [6.45, 7) is 3.65. The van der Waals surface area contributed by atoms with Crippen LogP contribution in [0.5, 0.6) is 5.75 Å². The Labute approximate surface area is 150 Å². The van der Waals surface area contributed by atoms with Gasteiger partial charge in [0.1, 0.15) is 18.8 Å². The number of anilines is 1. The maximum absolute atomic E-state index is 12.9. The molecule has 0 bridgehead atoms. The summed E-state index contributed by atoms with van der Waals surface area (Å²) in [5.41, 5.74) is 8.42. The van der Waals surface area contributed by atoms with E-state index in [2.05, 4.69) is 14.0 Å². The highest BCUT2D eigenvalue weighted by atomic mass is 16.5. The predicted molar refractivity (Wildman–Crippen MR) is 101 cm³/mol. The first-order valence-electron chi connectivity index (χ1n) is 8.52. The molecule has 1 amide bonds. The van der Waals surface area contributed by atoms with E-state index in [0.717, 1.165) is 18.5 Å². The van der Waals surface area contributed by atoms with Gasteiger partial charge in [0, 0.05) is 11.1 Å². The fourth-order valence-corrected chi connectivity index (χ4v) is 3.08. The molecule has 2 N–H and O–H groups in total. The summed E-state index contributed by atoms with van der Waals surface area (Å²) in [5, 5.41) is 1.80. The molecule has 1 atom stereocenters. The van der Waals surface area contributed by atoms with Gasteiger partial charge in [0.15, 0.2) is 0 Å². The standard InChI is InChI=1S/C20H28N3O2/c1-5-13-23(3,15-16-11-12-19(25-4)18(21)14-16)22(2)20(24)17-9-7-6-8-10-17/h6-12,14H,5,13,15,21H2,1-4H3/q+1. The SMILES string of the molecule is CCC[N+](C)(Cc1ccc(OC)c(N)c1)N(C)C(=O)c1ccccc1. The van der Waals surface area contributed by atoms with Crippen molar-refractivity contribution in [2.75, 3.05) is 33.5 Å². The van der Waals surface area contributed by atoms with E-state index in [0.29, 0.717) is 28.1 Å². The Hall–Kier alpha value is -2.53. The molecule has 0 aliphatic rings. The van der Waals surface area contributed by atoms with Gasteiger partial charge in [-0.05, 0) is 36.8 Å². The van der Waals surface area contributed by atoms with E-state index in [1.54, 1.807) is 12.1 Å². The maximum Gasteiger partial charge on any atom is 0.298 e. The molecule has 134 valence electrons. The first-order chi connectivity index (χ1) is 11.9. The summed E-state index contributed by atoms with van der Waals surface area (Å²) in [4.78, 5) is 12.9. The molecule has 1 unspecified atom stereocenters. The van der Waals surface area contributed by atoms with Crippen LogP contribution < -0.4 is 10.5 Å². The number of methoxy groups -OCH3 is 1. The number of benzene rings is 2. The highest BCUT2D eigenvalue weighted by molar-refractivity contribution is 5.93. The third kappa shape index (κ3) is 4.31. The van der Waals surface area contributed by atoms with Gasteiger partial charge in [-0.25, -0.2) is 4.59 Å². The highest BCUT2D eigenvalue weighted by Gasteiger charge is 2.32. The quantitative estimate of drug-likeness (QED) is 0.477. The molecule has 2 aromatic carbocycles. The fourth-order valence-electron chi connectivity index (χ4n) is 3.08. The number of hydrogen-bond donors (Lipinski definition) is 1. The van der Waals surface area contributed by atoms with Gasteiger partial charge in [-0.2, -0.15) is 5.01 Å². The lowest BCUT2D eigenvalue weighted by molar-refractivity contribution is -1.02. The molecule has 2 aromatic rings. The normalized spacial score (nSPS) is 13.1. The topological polar surface area (TPSA) is 55.6 Å². The lowest BCUT2D eigenvalue weighted by Crippen LogP contribution is -2.57. The molecule has 0 aliphatic heterocycles. The number of amides is 1. The Balaban J connectivity index is 2.27. The van der Waals surface area contributed by atoms with E-state index in [4.69, 9.17) is 10.5 Å². The molecule has 0 fully saturated rings. The molecule has 0 aromatic heterocycles. The van der Waals surface area contributed by atoms with E-state index < -0.39 is 0 Å². The minimum absolute atomic E-state index is 0.0121. The van der Waals surface area contributed by atoms with Crippen LogP contribution in [0.1, 0.15) is 29.3 Å². The zero-order valence-electron chi connectivity index (χ0n) is 15.5. The average Bonchev–Trinajstić information content (AvgIpc) is 2.61. The smallest absolute Gasteiger partial charge is 0.298 e. The number of nitrogens with zero attached hydrogens (tertiary/aromatic N) is 2. The fraction of sp³-hybridized carbons (Fsp3) is 0.350. The van der Waals surface area contributed by atoms with Crippen molar-refractivity contribution >= 4 is 11.6 Å². The van der Waals surface area contributed by atoms with Crippen LogP contribution in [-0.2, 0) is 6.54 Å². The number of rotatable bonds is 7. The first-order valence-corrected chi connectivity index (χ1v) is 8.52. The number of ether oxygens (including phenoxy) is 1. The van der Waals surface area contributed by atoms with Gasteiger partial charge in [-0.1, -0.05) is 25.1 Å². The third-order valence-corrected chi connectivity index (χ3v) is 4.56. The van der Waals surface area contributed by atoms with E-state index in [-0.39, 0.29) is 5.91 Å². The number of carbonyl (C=O) groups is 1. The molecule has 0 aliphatic carbocycles. The van der Waals surface area contributed by atoms with Crippen LogP contribution in [0.25, 0.3) is 0 Å². The maximum atomic E-state index is 12.9. The number of hydrogen-bond acceptors (Lipinski definition) is 3. The summed E-state index contributed by atoms with van der Waals surface area (Å²) < 4.78 is 5.71. The van der Waals surface area contributed by atoms with Crippen molar-refractivity contribution in [3.05, 3.63) is 59.7 Å². The Morgan fingerprint density at radius 1 is 1.20 bits per heavy atom. The highest BCUT2D eigenvalue weighted by Crippen LogP contribution is 2.25. The minimum atomic E-state index is 0.0121. The Kier molecular flexibility index (Phi) is 6.04. The number of nitrogens with two attached hydrogens (primary N) is 1. The van der Waals surface area contributed by atoms with Crippen molar-refractivity contribution in [1.82, 2.24) is 5.01 Å². The molecule has 5 heteroatoms. The monoisotopic (exact) mass is 342 g/mol. The van der Waals surface area contributed by atoms with Gasteiger partial charge in [0.2, 0.25) is 0 Å². The average molecular weight is 342 g/mol. The van der Waals surface area contributed by atoms with Crippen molar-refractivity contribution in [2.45, 2.75) is 19.9 Å². The lowest BCUT2D eigenvalue weighted by Gasteiger charge is -2.40. The van der Waals surface area contributed by atoms with Gasteiger partial charge in [0.05, 0.1) is 26.9 Å². The number of carbonyl (C=O) groups excluding carboxylic acids is 1. The second kappa shape index (κ2) is 8.03. The second-order valence-electron chi connectivity index (χ2n) is 6.49. The van der Waals surface area contributed by atoms with Gasteiger partial charge < -0.3 is 10.5 Å². The zero-order valence-corrected chi connectivity index (χ0v) is 15.5. The van der Waals surface area contributed by atoms with Gasteiger partial charge in [-0.3, -0.25) is 4.79 Å². The van der Waals surface area contributed by atoms with E-state index in [9.17, 15) is 4.79 Å². The summed E-state index contributed by atoms with van der Waals surface area (Å²) in [6.07, 6.45) is 0.967. The van der Waals surface area contributed by atoms with Crippen LogP contribution in [0.3, 0.4) is 0 Å². The van der Waals surface area contributed by atoms with Gasteiger partial charge >= 0.3 is 0 Å². The van der Waals surface area contributed by atoms with Crippen LogP contribution in [0.15, 0.2) is 48.5 Å². The molecule has 25 heavy (non-hydrogen) atoms. The minimum Gasteiger partial charge on any atom is -0.495 e. The van der Waals surface area contributed by atoms with Crippen molar-refractivity contribution in [3.8, 4) is 5.75 Å². The summed E-state index contributed by atoms with van der Waals surface area (Å²) in [5.74, 6) is 0.681. The molecule has 0 spiro atoms. The largest absolute Gasteiger partial charge is 0.495 e. The molecular formula is C20H28N3O2+. The van der Waals surface area contributed by atoms with Crippen molar-refractivity contribution in [3.63, 3.8) is 0 Å². The molecule has 0 radical (unpaired) electrons. The summed E-state index contributed by atoms with van der Waals surface area (Å²) >= 11 is 0. The predicted octanol–water partition coefficient (Wildman–Crippen LogP) is 3.32. The van der Waals surface area contributed by atoms with Gasteiger partial charge in [0.25, 0.3) is 5.91 Å². The van der Waals surface area contributed by atoms with Crippen molar-refractivity contribution in [2.24, 2.45) is 0 Å². The molecule has 0 heterocycles. The summed E-state index contributed by atoms with van der Waals surface area (Å²) in [6, 6.07) is 15.2.